The van der Waals surface area contributed by atoms with Gasteiger partial charge in [-0.1, -0.05) is 34.1 Å². The van der Waals surface area contributed by atoms with E-state index in [-0.39, 0.29) is 5.54 Å². The van der Waals surface area contributed by atoms with Crippen molar-refractivity contribution in [2.75, 3.05) is 0 Å². The van der Waals surface area contributed by atoms with E-state index in [1.54, 1.807) is 11.3 Å². The molecule has 0 unspecified atom stereocenters. The van der Waals surface area contributed by atoms with Crippen LogP contribution in [0.25, 0.3) is 0 Å². The Labute approximate surface area is 139 Å². The Morgan fingerprint density at radius 2 is 2.00 bits per heavy atom. The van der Waals surface area contributed by atoms with Crippen LogP contribution in [0.3, 0.4) is 0 Å². The van der Waals surface area contributed by atoms with E-state index in [2.05, 4.69) is 77.7 Å². The Hall–Kier alpha value is -0.680. The minimum absolute atomic E-state index is 0.134. The zero-order chi connectivity index (χ0) is 15.3. The van der Waals surface area contributed by atoms with Gasteiger partial charge in [0.1, 0.15) is 0 Å². The zero-order valence-corrected chi connectivity index (χ0v) is 15.2. The van der Waals surface area contributed by atoms with Crippen LogP contribution in [0, 0.1) is 0 Å². The summed E-state index contributed by atoms with van der Waals surface area (Å²) in [6.07, 6.45) is 0. The maximum atomic E-state index is 5.76. The number of hydrogen-bond donors (Lipinski definition) is 1. The third kappa shape index (κ3) is 5.91. The van der Waals surface area contributed by atoms with Crippen LogP contribution in [-0.2, 0) is 24.5 Å². The summed E-state index contributed by atoms with van der Waals surface area (Å²) in [6, 6.07) is 10.6. The maximum absolute atomic E-state index is 5.76. The first-order valence-electron chi connectivity index (χ1n) is 7.06. The first-order valence-corrected chi connectivity index (χ1v) is 8.74. The van der Waals surface area contributed by atoms with Crippen molar-refractivity contribution in [3.05, 3.63) is 56.2 Å². The fraction of sp³-hybridized carbons (Fsp3) is 0.412. The lowest BCUT2D eigenvalue weighted by molar-refractivity contribution is 0.109. The summed E-state index contributed by atoms with van der Waals surface area (Å²) in [6.45, 7) is 8.71. The average molecular weight is 368 g/mol. The number of benzene rings is 1. The van der Waals surface area contributed by atoms with Crippen molar-refractivity contribution in [3.63, 3.8) is 0 Å². The summed E-state index contributed by atoms with van der Waals surface area (Å²) < 4.78 is 6.88. The van der Waals surface area contributed by atoms with E-state index in [0.29, 0.717) is 13.2 Å². The highest BCUT2D eigenvalue weighted by molar-refractivity contribution is 9.10. The predicted octanol–water partition coefficient (Wildman–Crippen LogP) is 5.12. The molecule has 2 rings (SSSR count). The molecule has 1 aromatic heterocycles. The molecule has 0 aliphatic carbocycles. The fourth-order valence-corrected chi connectivity index (χ4v) is 3.02. The van der Waals surface area contributed by atoms with Gasteiger partial charge in [0, 0.05) is 21.4 Å². The molecule has 0 amide bonds. The molecule has 0 bridgehead atoms. The summed E-state index contributed by atoms with van der Waals surface area (Å²) in [5.41, 5.74) is 2.60. The molecule has 0 fully saturated rings. The van der Waals surface area contributed by atoms with Crippen LogP contribution in [0.5, 0.6) is 0 Å². The van der Waals surface area contributed by atoms with E-state index < -0.39 is 0 Å². The van der Waals surface area contributed by atoms with Crippen LogP contribution >= 0.6 is 27.3 Å². The minimum atomic E-state index is 0.134. The zero-order valence-electron chi connectivity index (χ0n) is 12.8. The van der Waals surface area contributed by atoms with Gasteiger partial charge in [-0.3, -0.25) is 0 Å². The summed E-state index contributed by atoms with van der Waals surface area (Å²) >= 11 is 5.37. The molecule has 1 heterocycles. The molecule has 0 aliphatic heterocycles. The largest absolute Gasteiger partial charge is 0.371 e. The SMILES string of the molecule is CC(C)(C)NCc1ccc(COCc2cccs2)c(Br)c1. The normalized spacial score (nSPS) is 11.8. The number of ether oxygens (including phenoxy) is 1. The van der Waals surface area contributed by atoms with E-state index in [4.69, 9.17) is 4.74 Å². The Kier molecular flexibility index (Phi) is 5.99. The predicted molar refractivity (Wildman–Crippen MR) is 93.5 cm³/mol. The fourth-order valence-electron chi connectivity index (χ4n) is 1.84. The van der Waals surface area contributed by atoms with E-state index in [1.807, 2.05) is 0 Å². The van der Waals surface area contributed by atoms with Crippen LogP contribution in [0.1, 0.15) is 36.8 Å². The molecule has 1 N–H and O–H groups in total. The summed E-state index contributed by atoms with van der Waals surface area (Å²) in [4.78, 5) is 1.26. The molecular weight excluding hydrogens is 346 g/mol. The van der Waals surface area contributed by atoms with E-state index in [1.165, 1.54) is 16.0 Å². The molecular formula is C17H22BrNOS. The highest BCUT2D eigenvalue weighted by atomic mass is 79.9. The van der Waals surface area contributed by atoms with Gasteiger partial charge in [0.15, 0.2) is 0 Å². The molecule has 2 nitrogen and oxygen atoms in total. The van der Waals surface area contributed by atoms with Crippen molar-refractivity contribution >= 4 is 27.3 Å². The van der Waals surface area contributed by atoms with Crippen molar-refractivity contribution in [3.8, 4) is 0 Å². The molecule has 4 heteroatoms. The lowest BCUT2D eigenvalue weighted by Gasteiger charge is -2.20. The van der Waals surface area contributed by atoms with Gasteiger partial charge in [0.25, 0.3) is 0 Å². The molecule has 1 aromatic carbocycles. The van der Waals surface area contributed by atoms with Gasteiger partial charge in [0.2, 0.25) is 0 Å². The second kappa shape index (κ2) is 7.54. The molecule has 21 heavy (non-hydrogen) atoms. The van der Waals surface area contributed by atoms with Crippen LogP contribution < -0.4 is 5.32 Å². The summed E-state index contributed by atoms with van der Waals surface area (Å²) in [7, 11) is 0. The van der Waals surface area contributed by atoms with Gasteiger partial charge in [0.05, 0.1) is 13.2 Å². The third-order valence-corrected chi connectivity index (χ3v) is 4.61. The highest BCUT2D eigenvalue weighted by Crippen LogP contribution is 2.21. The minimum Gasteiger partial charge on any atom is -0.371 e. The van der Waals surface area contributed by atoms with E-state index in [9.17, 15) is 0 Å². The first kappa shape index (κ1) is 16.7. The smallest absolute Gasteiger partial charge is 0.0813 e. The highest BCUT2D eigenvalue weighted by Gasteiger charge is 2.09. The standard InChI is InChI=1S/C17H22BrNOS/c1-17(2,3)19-10-13-6-7-14(16(18)9-13)11-20-12-15-5-4-8-21-15/h4-9,19H,10-12H2,1-3H3. The molecule has 0 radical (unpaired) electrons. The molecule has 0 aliphatic rings. The van der Waals surface area contributed by atoms with Crippen molar-refractivity contribution in [2.45, 2.75) is 46.1 Å². The van der Waals surface area contributed by atoms with Gasteiger partial charge in [-0.05, 0) is 49.4 Å². The van der Waals surface area contributed by atoms with Crippen molar-refractivity contribution < 1.29 is 4.74 Å². The van der Waals surface area contributed by atoms with Gasteiger partial charge < -0.3 is 10.1 Å². The number of nitrogens with one attached hydrogen (secondary N) is 1. The molecule has 0 spiro atoms. The third-order valence-electron chi connectivity index (χ3n) is 3.02. The average Bonchev–Trinajstić information content (AvgIpc) is 2.91. The number of rotatable bonds is 6. The van der Waals surface area contributed by atoms with Gasteiger partial charge in [-0.2, -0.15) is 0 Å². The van der Waals surface area contributed by atoms with E-state index in [0.717, 1.165) is 11.0 Å². The van der Waals surface area contributed by atoms with Crippen LogP contribution in [0.4, 0.5) is 0 Å². The first-order chi connectivity index (χ1) is 9.94. The van der Waals surface area contributed by atoms with Crippen LogP contribution in [0.2, 0.25) is 0 Å². The van der Waals surface area contributed by atoms with Crippen molar-refractivity contribution in [2.24, 2.45) is 0 Å². The Balaban J connectivity index is 1.86. The van der Waals surface area contributed by atoms with Crippen molar-refractivity contribution in [1.29, 1.82) is 0 Å². The number of halogens is 1. The Bertz CT molecular complexity index is 561. The molecule has 0 atom stereocenters. The van der Waals surface area contributed by atoms with E-state index >= 15 is 0 Å². The molecule has 0 saturated heterocycles. The van der Waals surface area contributed by atoms with Gasteiger partial charge >= 0.3 is 0 Å². The second-order valence-corrected chi connectivity index (χ2v) is 7.99. The Morgan fingerprint density at radius 1 is 1.19 bits per heavy atom. The monoisotopic (exact) mass is 367 g/mol. The molecule has 0 saturated carbocycles. The van der Waals surface area contributed by atoms with Crippen molar-refractivity contribution in [1.82, 2.24) is 5.32 Å². The quantitative estimate of drug-likeness (QED) is 0.765. The Morgan fingerprint density at radius 3 is 2.62 bits per heavy atom. The molecule has 114 valence electrons. The lowest BCUT2D eigenvalue weighted by Crippen LogP contribution is -2.35. The van der Waals surface area contributed by atoms with Crippen LogP contribution in [-0.4, -0.2) is 5.54 Å². The topological polar surface area (TPSA) is 21.3 Å². The van der Waals surface area contributed by atoms with Gasteiger partial charge in [-0.15, -0.1) is 11.3 Å². The summed E-state index contributed by atoms with van der Waals surface area (Å²) in [5, 5.41) is 5.57. The number of thiophene rings is 1. The molecule has 2 aromatic rings. The maximum Gasteiger partial charge on any atom is 0.0813 e. The summed E-state index contributed by atoms with van der Waals surface area (Å²) in [5.74, 6) is 0. The lowest BCUT2D eigenvalue weighted by atomic mass is 10.1. The van der Waals surface area contributed by atoms with Crippen LogP contribution in [0.15, 0.2) is 40.2 Å². The number of hydrogen-bond acceptors (Lipinski definition) is 3. The second-order valence-electron chi connectivity index (χ2n) is 6.10. The van der Waals surface area contributed by atoms with Gasteiger partial charge in [-0.25, -0.2) is 0 Å².